The molecule has 0 bridgehead atoms. The number of rotatable bonds is 8. The normalized spacial score (nSPS) is 12.4. The van der Waals surface area contributed by atoms with Gasteiger partial charge in [0.05, 0.1) is 0 Å². The number of nitrogens with one attached hydrogen (secondary N) is 2. The van der Waals surface area contributed by atoms with Crippen molar-refractivity contribution in [3.8, 4) is 0 Å². The van der Waals surface area contributed by atoms with E-state index in [1.165, 1.54) is 12.8 Å². The lowest BCUT2D eigenvalue weighted by Gasteiger charge is -2.18. The molecule has 1 rings (SSSR count). The Hall–Kier alpha value is -1.32. The van der Waals surface area contributed by atoms with Crippen LogP contribution in [-0.2, 0) is 6.42 Å². The fourth-order valence-corrected chi connectivity index (χ4v) is 2.05. The third-order valence-electron chi connectivity index (χ3n) is 3.02. The molecular weight excluding hydrogens is 226 g/mol. The van der Waals surface area contributed by atoms with E-state index in [2.05, 4.69) is 29.1 Å². The van der Waals surface area contributed by atoms with Crippen LogP contribution in [0, 0.1) is 0 Å². The lowest BCUT2D eigenvalue weighted by Crippen LogP contribution is -2.22. The van der Waals surface area contributed by atoms with Gasteiger partial charge in [0, 0.05) is 18.5 Å². The van der Waals surface area contributed by atoms with Gasteiger partial charge in [0.1, 0.15) is 11.6 Å². The standard InChI is InChI=1S/C14H25N3O/c1-4-7-9-11(8-5-2)15-13-10-14(18)17-12(6-3)16-13/h10-11H,4-9H2,1-3H3,(H2,15,16,17,18). The van der Waals surface area contributed by atoms with Crippen molar-refractivity contribution in [2.24, 2.45) is 0 Å². The highest BCUT2D eigenvalue weighted by Crippen LogP contribution is 2.12. The Morgan fingerprint density at radius 3 is 2.67 bits per heavy atom. The first-order valence-electron chi connectivity index (χ1n) is 7.06. The van der Waals surface area contributed by atoms with Crippen molar-refractivity contribution in [3.05, 3.63) is 22.2 Å². The highest BCUT2D eigenvalue weighted by Gasteiger charge is 2.08. The van der Waals surface area contributed by atoms with Crippen LogP contribution in [-0.4, -0.2) is 16.0 Å². The monoisotopic (exact) mass is 251 g/mol. The fraction of sp³-hybridized carbons (Fsp3) is 0.714. The van der Waals surface area contributed by atoms with Crippen molar-refractivity contribution >= 4 is 5.82 Å². The van der Waals surface area contributed by atoms with Crippen molar-refractivity contribution in [2.45, 2.75) is 65.3 Å². The number of aryl methyl sites for hydroxylation is 1. The highest BCUT2D eigenvalue weighted by molar-refractivity contribution is 5.34. The molecule has 0 aliphatic rings. The minimum Gasteiger partial charge on any atom is -0.367 e. The van der Waals surface area contributed by atoms with Gasteiger partial charge in [-0.25, -0.2) is 4.98 Å². The second kappa shape index (κ2) is 7.90. The molecule has 0 saturated carbocycles. The van der Waals surface area contributed by atoms with Gasteiger partial charge in [-0.2, -0.15) is 0 Å². The number of unbranched alkanes of at least 4 members (excludes halogenated alkanes) is 1. The molecule has 102 valence electrons. The molecule has 0 aliphatic heterocycles. The van der Waals surface area contributed by atoms with Crippen molar-refractivity contribution < 1.29 is 0 Å². The zero-order valence-corrected chi connectivity index (χ0v) is 11.8. The Labute approximate surface area is 109 Å². The summed E-state index contributed by atoms with van der Waals surface area (Å²) in [6.07, 6.45) is 6.56. The maximum absolute atomic E-state index is 11.5. The Morgan fingerprint density at radius 1 is 1.28 bits per heavy atom. The van der Waals surface area contributed by atoms with E-state index in [0.29, 0.717) is 11.9 Å². The summed E-state index contributed by atoms with van der Waals surface area (Å²) in [5.41, 5.74) is -0.0740. The number of anilines is 1. The average molecular weight is 251 g/mol. The molecule has 4 heteroatoms. The van der Waals surface area contributed by atoms with Gasteiger partial charge in [-0.1, -0.05) is 40.0 Å². The van der Waals surface area contributed by atoms with E-state index < -0.39 is 0 Å². The Bertz CT molecular complexity index is 400. The van der Waals surface area contributed by atoms with Gasteiger partial charge in [-0.05, 0) is 12.8 Å². The van der Waals surface area contributed by atoms with Gasteiger partial charge < -0.3 is 10.3 Å². The summed E-state index contributed by atoms with van der Waals surface area (Å²) in [5, 5.41) is 3.40. The van der Waals surface area contributed by atoms with E-state index >= 15 is 0 Å². The Kier molecular flexibility index (Phi) is 6.47. The summed E-state index contributed by atoms with van der Waals surface area (Å²) in [5.74, 6) is 1.46. The topological polar surface area (TPSA) is 57.8 Å². The van der Waals surface area contributed by atoms with Crippen LogP contribution in [0.5, 0.6) is 0 Å². The van der Waals surface area contributed by atoms with Crippen molar-refractivity contribution in [3.63, 3.8) is 0 Å². The number of hydrogen-bond donors (Lipinski definition) is 2. The van der Waals surface area contributed by atoms with Crippen LogP contribution in [0.15, 0.2) is 10.9 Å². The first-order valence-corrected chi connectivity index (χ1v) is 7.06. The van der Waals surface area contributed by atoms with Gasteiger partial charge in [-0.3, -0.25) is 4.79 Å². The smallest absolute Gasteiger partial charge is 0.252 e. The number of nitrogens with zero attached hydrogens (tertiary/aromatic N) is 1. The van der Waals surface area contributed by atoms with Crippen LogP contribution in [0.4, 0.5) is 5.82 Å². The molecule has 18 heavy (non-hydrogen) atoms. The lowest BCUT2D eigenvalue weighted by atomic mass is 10.1. The van der Waals surface area contributed by atoms with Crippen LogP contribution >= 0.6 is 0 Å². The van der Waals surface area contributed by atoms with Gasteiger partial charge in [0.25, 0.3) is 5.56 Å². The third-order valence-corrected chi connectivity index (χ3v) is 3.02. The number of hydrogen-bond acceptors (Lipinski definition) is 3. The molecular formula is C14H25N3O. The quantitative estimate of drug-likeness (QED) is 0.746. The summed E-state index contributed by atoms with van der Waals surface area (Å²) < 4.78 is 0. The highest BCUT2D eigenvalue weighted by atomic mass is 16.1. The molecule has 1 aromatic rings. The Morgan fingerprint density at radius 2 is 2.06 bits per heavy atom. The predicted octanol–water partition coefficient (Wildman–Crippen LogP) is 3.10. The van der Waals surface area contributed by atoms with E-state index in [0.717, 1.165) is 31.5 Å². The number of H-pyrrole nitrogens is 1. The molecule has 2 N–H and O–H groups in total. The first kappa shape index (κ1) is 14.7. The summed E-state index contributed by atoms with van der Waals surface area (Å²) >= 11 is 0. The molecule has 1 heterocycles. The SMILES string of the molecule is CCCCC(CCC)Nc1cc(=O)[nH]c(CC)n1. The van der Waals surface area contributed by atoms with Gasteiger partial charge in [0.2, 0.25) is 0 Å². The molecule has 0 aromatic carbocycles. The van der Waals surface area contributed by atoms with Crippen LogP contribution < -0.4 is 10.9 Å². The number of aromatic nitrogens is 2. The second-order valence-corrected chi connectivity index (χ2v) is 4.70. The summed E-state index contributed by atoms with van der Waals surface area (Å²) in [6.45, 7) is 6.37. The molecule has 0 aliphatic carbocycles. The van der Waals surface area contributed by atoms with Gasteiger partial charge >= 0.3 is 0 Å². The summed E-state index contributed by atoms with van der Waals surface area (Å²) in [4.78, 5) is 18.6. The van der Waals surface area contributed by atoms with Crippen LogP contribution in [0.1, 0.15) is 58.7 Å². The molecule has 0 saturated heterocycles. The average Bonchev–Trinajstić information content (AvgIpc) is 2.35. The summed E-state index contributed by atoms with van der Waals surface area (Å²) in [6, 6.07) is 1.97. The molecule has 4 nitrogen and oxygen atoms in total. The molecule has 0 radical (unpaired) electrons. The van der Waals surface area contributed by atoms with Gasteiger partial charge in [0.15, 0.2) is 0 Å². The van der Waals surface area contributed by atoms with Crippen molar-refractivity contribution in [2.75, 3.05) is 5.32 Å². The second-order valence-electron chi connectivity index (χ2n) is 4.70. The van der Waals surface area contributed by atoms with E-state index in [-0.39, 0.29) is 5.56 Å². The molecule has 1 unspecified atom stereocenters. The maximum Gasteiger partial charge on any atom is 0.252 e. The first-order chi connectivity index (χ1) is 8.69. The van der Waals surface area contributed by atoms with Crippen molar-refractivity contribution in [1.82, 2.24) is 9.97 Å². The molecule has 0 amide bonds. The zero-order chi connectivity index (χ0) is 13.4. The van der Waals surface area contributed by atoms with E-state index in [1.54, 1.807) is 6.07 Å². The third kappa shape index (κ3) is 4.90. The number of aromatic amines is 1. The van der Waals surface area contributed by atoms with Crippen LogP contribution in [0.2, 0.25) is 0 Å². The maximum atomic E-state index is 11.5. The minimum absolute atomic E-state index is 0.0740. The van der Waals surface area contributed by atoms with E-state index in [9.17, 15) is 4.79 Å². The molecule has 1 aromatic heterocycles. The van der Waals surface area contributed by atoms with Gasteiger partial charge in [-0.15, -0.1) is 0 Å². The van der Waals surface area contributed by atoms with E-state index in [4.69, 9.17) is 0 Å². The van der Waals surface area contributed by atoms with Crippen LogP contribution in [0.25, 0.3) is 0 Å². The molecule has 0 fully saturated rings. The lowest BCUT2D eigenvalue weighted by molar-refractivity contribution is 0.562. The zero-order valence-electron chi connectivity index (χ0n) is 11.8. The van der Waals surface area contributed by atoms with E-state index in [1.807, 2.05) is 6.92 Å². The largest absolute Gasteiger partial charge is 0.367 e. The fourth-order valence-electron chi connectivity index (χ4n) is 2.05. The summed E-state index contributed by atoms with van der Waals surface area (Å²) in [7, 11) is 0. The molecule has 1 atom stereocenters. The minimum atomic E-state index is -0.0740. The molecule has 0 spiro atoms. The Balaban J connectivity index is 2.72. The van der Waals surface area contributed by atoms with Crippen molar-refractivity contribution in [1.29, 1.82) is 0 Å². The van der Waals surface area contributed by atoms with Crippen LogP contribution in [0.3, 0.4) is 0 Å². The predicted molar refractivity (Wildman–Crippen MR) is 76.1 cm³/mol.